The number of aromatic nitrogens is 1. The minimum Gasteiger partial charge on any atom is -0.465 e. The van der Waals surface area contributed by atoms with Crippen molar-refractivity contribution in [2.24, 2.45) is 0 Å². The Morgan fingerprint density at radius 3 is 1.96 bits per heavy atom. The number of β-amino-alcohol motifs (C(OH)–C–C–N with tert-alkyl or cyclic N) is 1. The number of rotatable bonds is 12. The number of benzene rings is 4. The van der Waals surface area contributed by atoms with Crippen LogP contribution in [-0.4, -0.2) is 67.5 Å². The van der Waals surface area contributed by atoms with Crippen molar-refractivity contribution in [3.63, 3.8) is 0 Å². The zero-order valence-electron chi connectivity index (χ0n) is 30.2. The first-order valence-corrected chi connectivity index (χ1v) is 19.2. The van der Waals surface area contributed by atoms with Gasteiger partial charge in [-0.3, -0.25) is 9.59 Å². The van der Waals surface area contributed by atoms with Gasteiger partial charge in [0.25, 0.3) is 0 Å². The minimum atomic E-state index is -1.37. The predicted molar refractivity (Wildman–Crippen MR) is 211 cm³/mol. The van der Waals surface area contributed by atoms with Crippen molar-refractivity contribution in [2.75, 3.05) is 6.54 Å². The number of aryl methyl sites for hydroxylation is 2. The highest BCUT2D eigenvalue weighted by molar-refractivity contribution is 8.02. The van der Waals surface area contributed by atoms with Gasteiger partial charge in [-0.2, -0.15) is 0 Å². The molecule has 3 amide bonds. The third-order valence-electron chi connectivity index (χ3n) is 9.84. The SMILES string of the molecule is Cc1cc(-c2scnc2C)ccc1CNC(=O)[C@H]1C[C@@H](O)CN1C(=O)[C@@H](NC(=O)O)C(C)(C)SC(c1ccccc1)(c1ccccc1)c1ccccc1. The Bertz CT molecular complexity index is 1960. The molecule has 0 bridgehead atoms. The minimum absolute atomic E-state index is 0.0372. The van der Waals surface area contributed by atoms with E-state index >= 15 is 0 Å². The summed E-state index contributed by atoms with van der Waals surface area (Å²) in [6, 6.07) is 33.7. The van der Waals surface area contributed by atoms with Crippen LogP contribution in [0.25, 0.3) is 10.4 Å². The van der Waals surface area contributed by atoms with Crippen LogP contribution in [0.1, 0.15) is 53.8 Å². The molecule has 11 heteroatoms. The van der Waals surface area contributed by atoms with Crippen molar-refractivity contribution in [1.29, 1.82) is 0 Å². The first-order valence-electron chi connectivity index (χ1n) is 17.5. The van der Waals surface area contributed by atoms with Crippen LogP contribution in [0.5, 0.6) is 0 Å². The third-order valence-corrected chi connectivity index (χ3v) is 12.6. The molecule has 5 aromatic rings. The second kappa shape index (κ2) is 16.0. The molecule has 0 radical (unpaired) electrons. The zero-order valence-corrected chi connectivity index (χ0v) is 31.8. The maximum absolute atomic E-state index is 14.7. The van der Waals surface area contributed by atoms with Crippen LogP contribution >= 0.6 is 23.1 Å². The predicted octanol–water partition coefficient (Wildman–Crippen LogP) is 7.15. The highest BCUT2D eigenvalue weighted by Crippen LogP contribution is 2.54. The number of carboxylic acid groups (broad SMARTS) is 1. The number of amides is 3. The van der Waals surface area contributed by atoms with E-state index in [2.05, 4.69) is 21.7 Å². The maximum atomic E-state index is 14.7. The van der Waals surface area contributed by atoms with Gasteiger partial charge in [0.2, 0.25) is 11.8 Å². The fourth-order valence-electron chi connectivity index (χ4n) is 7.19. The van der Waals surface area contributed by atoms with E-state index in [1.165, 1.54) is 16.7 Å². The number of thioether (sulfide) groups is 1. The molecule has 274 valence electrons. The van der Waals surface area contributed by atoms with Crippen molar-refractivity contribution in [1.82, 2.24) is 20.5 Å². The van der Waals surface area contributed by atoms with Gasteiger partial charge in [-0.05, 0) is 61.1 Å². The molecule has 0 spiro atoms. The number of hydrogen-bond acceptors (Lipinski definition) is 7. The van der Waals surface area contributed by atoms with Gasteiger partial charge in [0, 0.05) is 24.3 Å². The second-order valence-electron chi connectivity index (χ2n) is 13.9. The standard InChI is InChI=1S/C42H44N4O5S2/c1-27-22-29(36-28(2)44-26-52-36)20-21-30(27)24-43-38(48)35-23-34(47)25-46(35)39(49)37(45-40(50)51)41(3,4)53-42(31-14-8-5-9-15-31,32-16-10-6-11-17-32)33-18-12-7-13-19-33/h5-22,26,34-35,37,45,47H,23-25H2,1-4H3,(H,43,48)(H,50,51)/t34-,35-,37-/m1/s1. The molecule has 6 rings (SSSR count). The number of aliphatic hydroxyl groups is 1. The van der Waals surface area contributed by atoms with Crippen molar-refractivity contribution < 1.29 is 24.6 Å². The van der Waals surface area contributed by atoms with Crippen molar-refractivity contribution >= 4 is 41.0 Å². The Labute approximate surface area is 318 Å². The fraction of sp³-hybridized carbons (Fsp3) is 0.286. The van der Waals surface area contributed by atoms with Crippen LogP contribution in [0.15, 0.2) is 115 Å². The Kier molecular flexibility index (Phi) is 11.4. The molecule has 3 atom stereocenters. The summed E-state index contributed by atoms with van der Waals surface area (Å²) in [6.07, 6.45) is -2.28. The average molecular weight is 749 g/mol. The van der Waals surface area contributed by atoms with Crippen LogP contribution in [0.3, 0.4) is 0 Å². The third kappa shape index (κ3) is 8.02. The number of carbonyl (C=O) groups excluding carboxylic acids is 2. The molecule has 4 aromatic carbocycles. The molecule has 1 aliphatic rings. The first kappa shape index (κ1) is 37.8. The molecular formula is C42H44N4O5S2. The van der Waals surface area contributed by atoms with Gasteiger partial charge in [0.1, 0.15) is 12.1 Å². The van der Waals surface area contributed by atoms with E-state index in [9.17, 15) is 24.6 Å². The number of nitrogens with one attached hydrogen (secondary N) is 2. The number of thiazole rings is 1. The highest BCUT2D eigenvalue weighted by Gasteiger charge is 2.50. The largest absolute Gasteiger partial charge is 0.465 e. The van der Waals surface area contributed by atoms with E-state index in [1.807, 2.05) is 136 Å². The summed E-state index contributed by atoms with van der Waals surface area (Å²) < 4.78 is -1.96. The lowest BCUT2D eigenvalue weighted by atomic mass is 9.84. The Hall–Kier alpha value is -4.97. The summed E-state index contributed by atoms with van der Waals surface area (Å²) >= 11 is 3.05. The van der Waals surface area contributed by atoms with Gasteiger partial charge in [0.15, 0.2) is 0 Å². The number of aliphatic hydroxyl groups excluding tert-OH is 1. The van der Waals surface area contributed by atoms with Crippen LogP contribution < -0.4 is 10.6 Å². The number of nitrogens with zero attached hydrogens (tertiary/aromatic N) is 2. The van der Waals surface area contributed by atoms with E-state index < -0.39 is 45.6 Å². The summed E-state index contributed by atoms with van der Waals surface area (Å²) in [7, 11) is 0. The van der Waals surface area contributed by atoms with Crippen LogP contribution in [0.2, 0.25) is 0 Å². The topological polar surface area (TPSA) is 132 Å². The average Bonchev–Trinajstić information content (AvgIpc) is 3.78. The van der Waals surface area contributed by atoms with Crippen molar-refractivity contribution in [3.8, 4) is 10.4 Å². The Morgan fingerprint density at radius 1 is 0.906 bits per heavy atom. The molecule has 1 saturated heterocycles. The summed E-state index contributed by atoms with van der Waals surface area (Å²) in [5, 5.41) is 26.4. The van der Waals surface area contributed by atoms with Gasteiger partial charge in [0.05, 0.1) is 26.9 Å². The zero-order chi connectivity index (χ0) is 37.8. The van der Waals surface area contributed by atoms with E-state index in [4.69, 9.17) is 0 Å². The normalized spacial score (nSPS) is 16.6. The van der Waals surface area contributed by atoms with Gasteiger partial charge in [-0.1, -0.05) is 109 Å². The quantitative estimate of drug-likeness (QED) is 0.0998. The molecule has 1 aromatic heterocycles. The number of hydrogen-bond donors (Lipinski definition) is 4. The molecule has 2 heterocycles. The molecule has 0 unspecified atom stereocenters. The van der Waals surface area contributed by atoms with Crippen LogP contribution in [0.4, 0.5) is 4.79 Å². The molecule has 9 nitrogen and oxygen atoms in total. The summed E-state index contributed by atoms with van der Waals surface area (Å²) in [6.45, 7) is 7.79. The lowest BCUT2D eigenvalue weighted by Gasteiger charge is -2.44. The summed E-state index contributed by atoms with van der Waals surface area (Å²) in [5.41, 5.74) is 8.62. The maximum Gasteiger partial charge on any atom is 0.405 e. The summed E-state index contributed by atoms with van der Waals surface area (Å²) in [5.74, 6) is -0.992. The monoisotopic (exact) mass is 748 g/mol. The number of likely N-dealkylation sites (tertiary alicyclic amines) is 1. The lowest BCUT2D eigenvalue weighted by Crippen LogP contribution is -2.60. The molecule has 1 fully saturated rings. The van der Waals surface area contributed by atoms with Crippen molar-refractivity contribution in [3.05, 3.63) is 148 Å². The highest BCUT2D eigenvalue weighted by atomic mass is 32.2. The second-order valence-corrected chi connectivity index (χ2v) is 16.6. The Morgan fingerprint density at radius 2 is 1.47 bits per heavy atom. The molecule has 0 aliphatic carbocycles. The molecule has 1 aliphatic heterocycles. The van der Waals surface area contributed by atoms with E-state index in [-0.39, 0.29) is 19.5 Å². The first-order chi connectivity index (χ1) is 25.4. The van der Waals surface area contributed by atoms with Crippen LogP contribution in [-0.2, 0) is 20.9 Å². The molecule has 0 saturated carbocycles. The molecular weight excluding hydrogens is 705 g/mol. The molecule has 53 heavy (non-hydrogen) atoms. The van der Waals surface area contributed by atoms with Crippen LogP contribution in [0, 0.1) is 13.8 Å². The van der Waals surface area contributed by atoms with Crippen molar-refractivity contribution in [2.45, 2.75) is 68.3 Å². The van der Waals surface area contributed by atoms with Gasteiger partial charge in [-0.25, -0.2) is 9.78 Å². The van der Waals surface area contributed by atoms with E-state index in [0.29, 0.717) is 0 Å². The smallest absolute Gasteiger partial charge is 0.405 e. The van der Waals surface area contributed by atoms with Gasteiger partial charge in [-0.15, -0.1) is 23.1 Å². The van der Waals surface area contributed by atoms with E-state index in [1.54, 1.807) is 11.3 Å². The number of carbonyl (C=O) groups is 3. The van der Waals surface area contributed by atoms with Gasteiger partial charge >= 0.3 is 6.09 Å². The fourth-order valence-corrected chi connectivity index (χ4v) is 9.82. The summed E-state index contributed by atoms with van der Waals surface area (Å²) in [4.78, 5) is 47.7. The molecule has 4 N–H and O–H groups in total. The Balaban J connectivity index is 1.30. The van der Waals surface area contributed by atoms with Gasteiger partial charge < -0.3 is 25.7 Å². The lowest BCUT2D eigenvalue weighted by molar-refractivity contribution is -0.140. The van der Waals surface area contributed by atoms with E-state index in [0.717, 1.165) is 44.0 Å².